The molecule has 212 valence electrons. The van der Waals surface area contributed by atoms with Gasteiger partial charge in [0.1, 0.15) is 11.4 Å². The highest BCUT2D eigenvalue weighted by atomic mass is 19.2. The summed E-state index contributed by atoms with van der Waals surface area (Å²) in [5.74, 6) is -4.03. The summed E-state index contributed by atoms with van der Waals surface area (Å²) >= 11 is 0. The van der Waals surface area contributed by atoms with Crippen molar-refractivity contribution >= 4 is 17.9 Å². The van der Waals surface area contributed by atoms with Crippen LogP contribution in [0, 0.1) is 17.5 Å². The number of nitrogens with one attached hydrogen (secondary N) is 2. The maximum atomic E-state index is 14.8. The number of benzene rings is 1. The Kier molecular flexibility index (Phi) is 8.63. The van der Waals surface area contributed by atoms with Crippen LogP contribution in [0.15, 0.2) is 24.5 Å². The number of halogens is 3. The van der Waals surface area contributed by atoms with Crippen LogP contribution in [-0.2, 0) is 4.74 Å². The summed E-state index contributed by atoms with van der Waals surface area (Å²) in [6.07, 6.45) is 3.94. The minimum absolute atomic E-state index is 0.0789. The summed E-state index contributed by atoms with van der Waals surface area (Å²) in [7, 11) is 0. The Balaban J connectivity index is 1.55. The summed E-state index contributed by atoms with van der Waals surface area (Å²) in [6, 6.07) is 0.746. The van der Waals surface area contributed by atoms with E-state index in [1.54, 1.807) is 25.7 Å². The Hall–Kier alpha value is -3.41. The van der Waals surface area contributed by atoms with E-state index in [4.69, 9.17) is 4.74 Å². The summed E-state index contributed by atoms with van der Waals surface area (Å²) in [5, 5.41) is 6.02. The molecule has 2 N–H and O–H groups in total. The Bertz CT molecular complexity index is 1180. The van der Waals surface area contributed by atoms with E-state index in [9.17, 15) is 22.8 Å². The van der Waals surface area contributed by atoms with Gasteiger partial charge in [0.25, 0.3) is 5.91 Å². The highest BCUT2D eigenvalue weighted by Gasteiger charge is 2.39. The van der Waals surface area contributed by atoms with Gasteiger partial charge < -0.3 is 25.2 Å². The largest absolute Gasteiger partial charge is 0.444 e. The van der Waals surface area contributed by atoms with E-state index >= 15 is 0 Å². The van der Waals surface area contributed by atoms with Gasteiger partial charge in [-0.2, -0.15) is 0 Å². The lowest BCUT2D eigenvalue weighted by Crippen LogP contribution is -2.46. The molecule has 4 rings (SSSR count). The van der Waals surface area contributed by atoms with E-state index in [0.717, 1.165) is 32.0 Å². The predicted octanol–water partition coefficient (Wildman–Crippen LogP) is 3.61. The first-order chi connectivity index (χ1) is 18.5. The van der Waals surface area contributed by atoms with E-state index in [1.165, 1.54) is 12.4 Å². The second-order valence-corrected chi connectivity index (χ2v) is 10.9. The lowest BCUT2D eigenvalue weighted by Gasteiger charge is -2.33. The second kappa shape index (κ2) is 11.8. The van der Waals surface area contributed by atoms with Crippen molar-refractivity contribution in [3.63, 3.8) is 0 Å². The maximum absolute atomic E-state index is 14.8. The van der Waals surface area contributed by atoms with Gasteiger partial charge in [-0.05, 0) is 65.3 Å². The molecule has 3 heterocycles. The van der Waals surface area contributed by atoms with E-state index in [1.807, 2.05) is 11.8 Å². The number of amides is 2. The Morgan fingerprint density at radius 1 is 1.08 bits per heavy atom. The molecule has 2 aromatic rings. The van der Waals surface area contributed by atoms with Gasteiger partial charge in [-0.1, -0.05) is 0 Å². The molecule has 0 radical (unpaired) electrons. The molecular formula is C27H35F3N6O3. The molecule has 2 atom stereocenters. The molecule has 1 aromatic heterocycles. The molecule has 39 heavy (non-hydrogen) atoms. The topological polar surface area (TPSA) is 99.7 Å². The van der Waals surface area contributed by atoms with Crippen molar-refractivity contribution in [1.29, 1.82) is 0 Å². The standard InChI is InChI=1S/C27H35F3N6O3/c1-5-36(17-6-8-31-9-7-17)24(37)16-12-32-25(33-13-16)35-14-19(18-10-21(29)22(30)11-20(18)28)23(15-35)34-26(38)39-27(2,3)4/h10-13,17,19,23,31H,5-9,14-15H2,1-4H3,(H,34,38)/t19-,23+/m1/s1. The zero-order chi connectivity index (χ0) is 28.3. The van der Waals surface area contributed by atoms with Gasteiger partial charge in [0.2, 0.25) is 5.95 Å². The fraction of sp³-hybridized carbons (Fsp3) is 0.556. The number of aromatic nitrogens is 2. The van der Waals surface area contributed by atoms with Crippen LogP contribution in [0.2, 0.25) is 0 Å². The molecule has 2 amide bonds. The lowest BCUT2D eigenvalue weighted by molar-refractivity contribution is 0.0504. The lowest BCUT2D eigenvalue weighted by atomic mass is 9.93. The summed E-state index contributed by atoms with van der Waals surface area (Å²) in [6.45, 7) is 9.63. The first-order valence-electron chi connectivity index (χ1n) is 13.2. The molecule has 2 saturated heterocycles. The van der Waals surface area contributed by atoms with Crippen LogP contribution in [0.4, 0.5) is 23.9 Å². The van der Waals surface area contributed by atoms with Gasteiger partial charge in [0.05, 0.1) is 11.6 Å². The average Bonchev–Trinajstić information content (AvgIpc) is 3.29. The molecule has 12 heteroatoms. The van der Waals surface area contributed by atoms with Crippen LogP contribution in [0.5, 0.6) is 0 Å². The monoisotopic (exact) mass is 548 g/mol. The third-order valence-electron chi connectivity index (χ3n) is 6.98. The predicted molar refractivity (Wildman–Crippen MR) is 139 cm³/mol. The summed E-state index contributed by atoms with van der Waals surface area (Å²) in [4.78, 5) is 38.0. The normalized spacial score (nSPS) is 20.1. The molecular weight excluding hydrogens is 513 g/mol. The van der Waals surface area contributed by atoms with E-state index in [2.05, 4.69) is 20.6 Å². The number of hydrogen-bond donors (Lipinski definition) is 2. The Morgan fingerprint density at radius 3 is 2.33 bits per heavy atom. The quantitative estimate of drug-likeness (QED) is 0.532. The van der Waals surface area contributed by atoms with Crippen molar-refractivity contribution in [2.75, 3.05) is 37.6 Å². The number of hydrogen-bond acceptors (Lipinski definition) is 7. The number of anilines is 1. The van der Waals surface area contributed by atoms with Gasteiger partial charge in [0, 0.05) is 50.1 Å². The third-order valence-corrected chi connectivity index (χ3v) is 6.98. The first-order valence-corrected chi connectivity index (χ1v) is 13.2. The van der Waals surface area contributed by atoms with Gasteiger partial charge in [-0.3, -0.25) is 4.79 Å². The van der Waals surface area contributed by atoms with E-state index in [0.29, 0.717) is 18.2 Å². The van der Waals surface area contributed by atoms with Crippen molar-refractivity contribution in [1.82, 2.24) is 25.5 Å². The summed E-state index contributed by atoms with van der Waals surface area (Å²) in [5.41, 5.74) is -0.494. The van der Waals surface area contributed by atoms with E-state index < -0.39 is 41.1 Å². The van der Waals surface area contributed by atoms with Crippen LogP contribution in [0.1, 0.15) is 62.4 Å². The van der Waals surface area contributed by atoms with Crippen molar-refractivity contribution < 1.29 is 27.5 Å². The van der Waals surface area contributed by atoms with Gasteiger partial charge in [-0.15, -0.1) is 0 Å². The highest BCUT2D eigenvalue weighted by molar-refractivity contribution is 5.94. The molecule has 2 aliphatic rings. The molecule has 0 aliphatic carbocycles. The van der Waals surface area contributed by atoms with Gasteiger partial charge in [0.15, 0.2) is 11.6 Å². The molecule has 0 saturated carbocycles. The SMILES string of the molecule is CCN(C(=O)c1cnc(N2C[C@H](NC(=O)OC(C)(C)C)[C@@H](c3cc(F)c(F)cc3F)C2)nc1)C1CCNCC1. The highest BCUT2D eigenvalue weighted by Crippen LogP contribution is 2.33. The van der Waals surface area contributed by atoms with Gasteiger partial charge >= 0.3 is 6.09 Å². The van der Waals surface area contributed by atoms with Crippen molar-refractivity contribution in [3.05, 3.63) is 53.1 Å². The minimum Gasteiger partial charge on any atom is -0.444 e. The molecule has 9 nitrogen and oxygen atoms in total. The Labute approximate surface area is 226 Å². The smallest absolute Gasteiger partial charge is 0.407 e. The molecule has 0 spiro atoms. The number of nitrogens with zero attached hydrogens (tertiary/aromatic N) is 4. The number of carbonyl (C=O) groups is 2. The molecule has 0 bridgehead atoms. The fourth-order valence-corrected chi connectivity index (χ4v) is 5.16. The second-order valence-electron chi connectivity index (χ2n) is 10.9. The summed E-state index contributed by atoms with van der Waals surface area (Å²) < 4.78 is 47.8. The van der Waals surface area contributed by atoms with E-state index in [-0.39, 0.29) is 36.6 Å². The molecule has 1 aromatic carbocycles. The van der Waals surface area contributed by atoms with Crippen LogP contribution in [0.25, 0.3) is 0 Å². The van der Waals surface area contributed by atoms with Crippen molar-refractivity contribution in [2.24, 2.45) is 0 Å². The average molecular weight is 549 g/mol. The molecule has 2 fully saturated rings. The zero-order valence-corrected chi connectivity index (χ0v) is 22.6. The van der Waals surface area contributed by atoms with Crippen molar-refractivity contribution in [2.45, 2.75) is 64.1 Å². The number of alkyl carbamates (subject to hydrolysis) is 1. The number of ether oxygens (including phenoxy) is 1. The molecule has 2 aliphatic heterocycles. The molecule has 0 unspecified atom stereocenters. The van der Waals surface area contributed by atoms with Crippen LogP contribution < -0.4 is 15.5 Å². The third kappa shape index (κ3) is 6.78. The van der Waals surface area contributed by atoms with Crippen LogP contribution in [-0.4, -0.2) is 77.3 Å². The fourth-order valence-electron chi connectivity index (χ4n) is 5.16. The first kappa shape index (κ1) is 28.6. The van der Waals surface area contributed by atoms with Gasteiger partial charge in [-0.25, -0.2) is 27.9 Å². The minimum atomic E-state index is -1.29. The van der Waals surface area contributed by atoms with Crippen molar-refractivity contribution in [3.8, 4) is 0 Å². The zero-order valence-electron chi connectivity index (χ0n) is 22.6. The maximum Gasteiger partial charge on any atom is 0.407 e. The van der Waals surface area contributed by atoms with Crippen LogP contribution in [0.3, 0.4) is 0 Å². The number of rotatable bonds is 6. The van der Waals surface area contributed by atoms with Crippen LogP contribution >= 0.6 is 0 Å². The number of carbonyl (C=O) groups excluding carboxylic acids is 2. The number of piperidine rings is 1. The Morgan fingerprint density at radius 2 is 1.72 bits per heavy atom.